The molecule has 0 radical (unpaired) electrons. The van der Waals surface area contributed by atoms with E-state index < -0.39 is 0 Å². The first-order valence-corrected chi connectivity index (χ1v) is 9.01. The number of nitrogens with one attached hydrogen (secondary N) is 1. The number of rotatable bonds is 4. The van der Waals surface area contributed by atoms with Gasteiger partial charge in [-0.25, -0.2) is 9.97 Å². The van der Waals surface area contributed by atoms with Crippen LogP contribution >= 0.6 is 0 Å². The van der Waals surface area contributed by atoms with Gasteiger partial charge in [-0.2, -0.15) is 5.10 Å². The number of ether oxygens (including phenoxy) is 1. The number of anilines is 2. The average Bonchev–Trinajstić information content (AvgIpc) is 3.08. The summed E-state index contributed by atoms with van der Waals surface area (Å²) < 4.78 is 7.32. The van der Waals surface area contributed by atoms with Gasteiger partial charge in [0.1, 0.15) is 18.7 Å². The summed E-state index contributed by atoms with van der Waals surface area (Å²) in [6.07, 6.45) is 5.13. The molecule has 2 aromatic heterocycles. The summed E-state index contributed by atoms with van der Waals surface area (Å²) in [5.74, 6) is 0.751. The zero-order valence-corrected chi connectivity index (χ0v) is 15.4. The van der Waals surface area contributed by atoms with Crippen LogP contribution in [-0.2, 0) is 16.1 Å². The first-order chi connectivity index (χ1) is 13.1. The summed E-state index contributed by atoms with van der Waals surface area (Å²) >= 11 is 0. The molecule has 8 heteroatoms. The highest BCUT2D eigenvalue weighted by molar-refractivity contribution is 5.90. The fraction of sp³-hybridized carbons (Fsp3) is 0.368. The predicted octanol–water partition coefficient (Wildman–Crippen LogP) is 2.21. The molecule has 1 saturated heterocycles. The third kappa shape index (κ3) is 3.90. The van der Waals surface area contributed by atoms with Crippen LogP contribution in [0.2, 0.25) is 0 Å². The zero-order valence-electron chi connectivity index (χ0n) is 15.4. The molecule has 0 saturated carbocycles. The molecule has 3 aromatic rings. The van der Waals surface area contributed by atoms with Gasteiger partial charge in [0.05, 0.1) is 29.6 Å². The molecule has 8 nitrogen and oxygen atoms in total. The minimum atomic E-state index is 0.0409. The van der Waals surface area contributed by atoms with E-state index in [1.54, 1.807) is 10.9 Å². The molecule has 1 N–H and O–H groups in total. The lowest BCUT2D eigenvalue weighted by atomic mass is 10.2. The SMILES string of the molecule is CC1CN(C(=O)Cn2cc(Nc3ncnc4ccccc34)cn2)CC(C)O1. The Bertz CT molecular complexity index is 941. The molecule has 1 amide bonds. The van der Waals surface area contributed by atoms with E-state index in [0.29, 0.717) is 18.9 Å². The molecular formula is C19H22N6O2. The normalized spacial score (nSPS) is 20.0. The lowest BCUT2D eigenvalue weighted by Gasteiger charge is -2.35. The van der Waals surface area contributed by atoms with Crippen molar-refractivity contribution in [3.8, 4) is 0 Å². The standard InChI is InChI=1S/C19H22N6O2/c1-13-8-24(9-14(2)27-13)18(26)11-25-10-15(7-22-25)23-19-16-5-3-4-6-17(16)20-12-21-19/h3-7,10,12-14H,8-9,11H2,1-2H3,(H,20,21,23). The first-order valence-electron chi connectivity index (χ1n) is 9.01. The van der Waals surface area contributed by atoms with Crippen molar-refractivity contribution in [3.05, 3.63) is 43.0 Å². The minimum absolute atomic E-state index is 0.0409. The molecule has 2 unspecified atom stereocenters. The van der Waals surface area contributed by atoms with Crippen LogP contribution in [0.15, 0.2) is 43.0 Å². The Morgan fingerprint density at radius 1 is 1.22 bits per heavy atom. The lowest BCUT2D eigenvalue weighted by Crippen LogP contribution is -2.49. The summed E-state index contributed by atoms with van der Waals surface area (Å²) in [6.45, 7) is 5.40. The lowest BCUT2D eigenvalue weighted by molar-refractivity contribution is -0.144. The van der Waals surface area contributed by atoms with E-state index >= 15 is 0 Å². The Balaban J connectivity index is 1.45. The largest absolute Gasteiger partial charge is 0.372 e. The number of hydrogen-bond donors (Lipinski definition) is 1. The van der Waals surface area contributed by atoms with E-state index in [0.717, 1.165) is 16.6 Å². The van der Waals surface area contributed by atoms with Gasteiger partial charge in [-0.3, -0.25) is 9.48 Å². The fourth-order valence-electron chi connectivity index (χ4n) is 3.38. The van der Waals surface area contributed by atoms with Gasteiger partial charge in [-0.05, 0) is 26.0 Å². The molecule has 2 atom stereocenters. The second-order valence-electron chi connectivity index (χ2n) is 6.85. The quantitative estimate of drug-likeness (QED) is 0.762. The second-order valence-corrected chi connectivity index (χ2v) is 6.85. The second kappa shape index (κ2) is 7.32. The Morgan fingerprint density at radius 2 is 2.00 bits per heavy atom. The number of aromatic nitrogens is 4. The number of carbonyl (C=O) groups is 1. The molecule has 1 aliphatic rings. The predicted molar refractivity (Wildman–Crippen MR) is 102 cm³/mol. The van der Waals surface area contributed by atoms with Gasteiger partial charge >= 0.3 is 0 Å². The van der Waals surface area contributed by atoms with Gasteiger partial charge in [0, 0.05) is 24.7 Å². The molecule has 140 valence electrons. The van der Waals surface area contributed by atoms with Crippen molar-refractivity contribution in [1.29, 1.82) is 0 Å². The van der Waals surface area contributed by atoms with Crippen molar-refractivity contribution >= 4 is 28.3 Å². The summed E-state index contributed by atoms with van der Waals surface area (Å²) in [5, 5.41) is 8.48. The smallest absolute Gasteiger partial charge is 0.244 e. The maximum atomic E-state index is 12.6. The van der Waals surface area contributed by atoms with Gasteiger partial charge in [-0.1, -0.05) is 12.1 Å². The molecule has 1 aliphatic heterocycles. The maximum absolute atomic E-state index is 12.6. The van der Waals surface area contributed by atoms with Crippen LogP contribution in [0.3, 0.4) is 0 Å². The number of carbonyl (C=O) groups excluding carboxylic acids is 1. The molecule has 0 bridgehead atoms. The number of para-hydroxylation sites is 1. The van der Waals surface area contributed by atoms with E-state index in [9.17, 15) is 4.79 Å². The maximum Gasteiger partial charge on any atom is 0.244 e. The van der Waals surface area contributed by atoms with Crippen molar-refractivity contribution in [2.24, 2.45) is 0 Å². The number of hydrogen-bond acceptors (Lipinski definition) is 6. The van der Waals surface area contributed by atoms with E-state index in [2.05, 4.69) is 20.4 Å². The molecule has 1 fully saturated rings. The summed E-state index contributed by atoms with van der Waals surface area (Å²) in [5.41, 5.74) is 1.64. The van der Waals surface area contributed by atoms with Crippen molar-refractivity contribution in [2.45, 2.75) is 32.6 Å². The zero-order chi connectivity index (χ0) is 18.8. The van der Waals surface area contributed by atoms with Gasteiger partial charge in [-0.15, -0.1) is 0 Å². The van der Waals surface area contributed by atoms with Crippen molar-refractivity contribution in [1.82, 2.24) is 24.6 Å². The van der Waals surface area contributed by atoms with Crippen LogP contribution in [0.1, 0.15) is 13.8 Å². The molecule has 1 aromatic carbocycles. The monoisotopic (exact) mass is 366 g/mol. The van der Waals surface area contributed by atoms with Crippen molar-refractivity contribution in [2.75, 3.05) is 18.4 Å². The molecular weight excluding hydrogens is 344 g/mol. The van der Waals surface area contributed by atoms with E-state index in [4.69, 9.17) is 4.74 Å². The Kier molecular flexibility index (Phi) is 4.72. The highest BCUT2D eigenvalue weighted by Crippen LogP contribution is 2.22. The van der Waals surface area contributed by atoms with Crippen LogP contribution in [0, 0.1) is 0 Å². The number of morpholine rings is 1. The minimum Gasteiger partial charge on any atom is -0.372 e. The molecule has 4 rings (SSSR count). The topological polar surface area (TPSA) is 85.2 Å². The molecule has 0 spiro atoms. The van der Waals surface area contributed by atoms with Crippen molar-refractivity contribution in [3.63, 3.8) is 0 Å². The summed E-state index contributed by atoms with van der Waals surface area (Å²) in [4.78, 5) is 23.0. The highest BCUT2D eigenvalue weighted by atomic mass is 16.5. The highest BCUT2D eigenvalue weighted by Gasteiger charge is 2.26. The Hall–Kier alpha value is -3.00. The Labute approximate surface area is 157 Å². The van der Waals surface area contributed by atoms with Crippen LogP contribution in [0.4, 0.5) is 11.5 Å². The molecule has 3 heterocycles. The van der Waals surface area contributed by atoms with Gasteiger partial charge in [0.15, 0.2) is 0 Å². The van der Waals surface area contributed by atoms with Crippen molar-refractivity contribution < 1.29 is 9.53 Å². The fourth-order valence-corrected chi connectivity index (χ4v) is 3.38. The van der Waals surface area contributed by atoms with Crippen LogP contribution < -0.4 is 5.32 Å². The number of benzene rings is 1. The molecule has 0 aliphatic carbocycles. The average molecular weight is 366 g/mol. The third-order valence-corrected chi connectivity index (χ3v) is 4.51. The molecule has 27 heavy (non-hydrogen) atoms. The number of nitrogens with zero attached hydrogens (tertiary/aromatic N) is 5. The number of amides is 1. The summed E-state index contributed by atoms with van der Waals surface area (Å²) in [6, 6.07) is 7.79. The first kappa shape index (κ1) is 17.4. The van der Waals surface area contributed by atoms with Crippen LogP contribution in [-0.4, -0.2) is 55.9 Å². The van der Waals surface area contributed by atoms with E-state index in [1.165, 1.54) is 6.33 Å². The van der Waals surface area contributed by atoms with E-state index in [1.807, 2.05) is 49.2 Å². The van der Waals surface area contributed by atoms with Gasteiger partial charge in [0.25, 0.3) is 0 Å². The van der Waals surface area contributed by atoms with E-state index in [-0.39, 0.29) is 24.7 Å². The third-order valence-electron chi connectivity index (χ3n) is 4.51. The van der Waals surface area contributed by atoms with Gasteiger partial charge < -0.3 is 15.0 Å². The van der Waals surface area contributed by atoms with Gasteiger partial charge in [0.2, 0.25) is 5.91 Å². The van der Waals surface area contributed by atoms with Crippen LogP contribution in [0.5, 0.6) is 0 Å². The number of fused-ring (bicyclic) bond motifs is 1. The van der Waals surface area contributed by atoms with Crippen LogP contribution in [0.25, 0.3) is 10.9 Å². The Morgan fingerprint density at radius 3 is 2.81 bits per heavy atom. The summed E-state index contributed by atoms with van der Waals surface area (Å²) in [7, 11) is 0.